The molecular formula is C26H58BrNO2. The summed E-state index contributed by atoms with van der Waals surface area (Å²) in [5.41, 5.74) is 0. The van der Waals surface area contributed by atoms with Crippen LogP contribution in [0.15, 0.2) is 0 Å². The number of halogens is 1. The molecule has 186 valence electrons. The second-order valence-corrected chi connectivity index (χ2v) is 8.93. The van der Waals surface area contributed by atoms with Gasteiger partial charge >= 0.3 is 0 Å². The zero-order valence-corrected chi connectivity index (χ0v) is 22.9. The molecule has 4 heteroatoms. The molecule has 0 bridgehead atoms. The van der Waals surface area contributed by atoms with Crippen LogP contribution in [0.4, 0.5) is 0 Å². The van der Waals surface area contributed by atoms with Crippen molar-refractivity contribution in [2.24, 2.45) is 0 Å². The fourth-order valence-electron chi connectivity index (χ4n) is 4.17. The van der Waals surface area contributed by atoms with E-state index in [2.05, 4.69) is 27.7 Å². The van der Waals surface area contributed by atoms with Crippen LogP contribution < -0.4 is 17.0 Å². The van der Waals surface area contributed by atoms with Crippen LogP contribution in [-0.4, -0.2) is 54.1 Å². The van der Waals surface area contributed by atoms with E-state index in [0.29, 0.717) is 0 Å². The largest absolute Gasteiger partial charge is 1.00 e. The fourth-order valence-corrected chi connectivity index (χ4v) is 4.17. The molecule has 0 aromatic carbocycles. The van der Waals surface area contributed by atoms with Crippen LogP contribution in [0.1, 0.15) is 130 Å². The minimum Gasteiger partial charge on any atom is -1.00 e. The van der Waals surface area contributed by atoms with Crippen molar-refractivity contribution in [3.63, 3.8) is 0 Å². The lowest BCUT2D eigenvalue weighted by molar-refractivity contribution is -0.929. The van der Waals surface area contributed by atoms with Gasteiger partial charge in [0.25, 0.3) is 0 Å². The fraction of sp³-hybridized carbons (Fsp3) is 1.00. The molecule has 0 aromatic heterocycles. The van der Waals surface area contributed by atoms with E-state index in [0.717, 1.165) is 0 Å². The van der Waals surface area contributed by atoms with Crippen LogP contribution >= 0.6 is 0 Å². The highest BCUT2D eigenvalue weighted by Gasteiger charge is 2.25. The van der Waals surface area contributed by atoms with Gasteiger partial charge in [-0.15, -0.1) is 0 Å². The van der Waals surface area contributed by atoms with Gasteiger partial charge in [0.15, 0.2) is 0 Å². The summed E-state index contributed by atoms with van der Waals surface area (Å²) in [6, 6.07) is 0. The molecule has 2 N–H and O–H groups in total. The predicted octanol–water partition coefficient (Wildman–Crippen LogP) is 4.10. The minimum absolute atomic E-state index is 0. The molecule has 3 nitrogen and oxygen atoms in total. The second-order valence-electron chi connectivity index (χ2n) is 8.93. The summed E-state index contributed by atoms with van der Waals surface area (Å²) in [4.78, 5) is 0. The molecule has 0 spiro atoms. The average molecular weight is 497 g/mol. The van der Waals surface area contributed by atoms with Crippen LogP contribution in [0.3, 0.4) is 0 Å². The summed E-state index contributed by atoms with van der Waals surface area (Å²) in [7, 11) is 0. The maximum Gasteiger partial charge on any atom is 0.0786 e. The number of hydrogen-bond acceptors (Lipinski definition) is 2. The smallest absolute Gasteiger partial charge is 0.0786 e. The highest BCUT2D eigenvalue weighted by Crippen LogP contribution is 2.19. The van der Waals surface area contributed by atoms with Crippen molar-refractivity contribution in [3.05, 3.63) is 0 Å². The Balaban J connectivity index is -0.00000133. The number of aliphatic hydroxyl groups excluding tert-OH is 2. The number of quaternary nitrogens is 1. The van der Waals surface area contributed by atoms with E-state index >= 15 is 0 Å². The van der Waals surface area contributed by atoms with Crippen LogP contribution in [0, 0.1) is 0 Å². The van der Waals surface area contributed by atoms with Gasteiger partial charge in [-0.1, -0.05) is 79.1 Å². The van der Waals surface area contributed by atoms with Crippen molar-refractivity contribution < 1.29 is 31.7 Å². The highest BCUT2D eigenvalue weighted by molar-refractivity contribution is 4.53. The summed E-state index contributed by atoms with van der Waals surface area (Å²) in [5.74, 6) is 0. The molecule has 0 saturated heterocycles. The van der Waals surface area contributed by atoms with E-state index < -0.39 is 0 Å². The Labute approximate surface area is 201 Å². The third-order valence-electron chi connectivity index (χ3n) is 6.04. The molecule has 0 rings (SSSR count). The lowest BCUT2D eigenvalue weighted by atomic mass is 10.1. The zero-order chi connectivity index (χ0) is 22.1. The van der Waals surface area contributed by atoms with Crippen LogP contribution in [-0.2, 0) is 0 Å². The topological polar surface area (TPSA) is 40.5 Å². The predicted molar refractivity (Wildman–Crippen MR) is 130 cm³/mol. The first-order valence-electron chi connectivity index (χ1n) is 13.2. The van der Waals surface area contributed by atoms with Gasteiger partial charge in [0.05, 0.1) is 39.4 Å². The van der Waals surface area contributed by atoms with Crippen molar-refractivity contribution in [3.8, 4) is 0 Å². The zero-order valence-electron chi connectivity index (χ0n) is 21.3. The molecule has 0 unspecified atom stereocenters. The first-order valence-corrected chi connectivity index (χ1v) is 13.2. The Morgan fingerprint density at radius 3 is 0.800 bits per heavy atom. The van der Waals surface area contributed by atoms with Gasteiger partial charge in [0.1, 0.15) is 0 Å². The van der Waals surface area contributed by atoms with Gasteiger partial charge in [0, 0.05) is 0 Å². The highest BCUT2D eigenvalue weighted by atomic mass is 79.9. The summed E-state index contributed by atoms with van der Waals surface area (Å²) < 4.78 is 1.46. The normalized spacial score (nSPS) is 11.0. The molecule has 0 radical (unpaired) electrons. The molecule has 0 saturated carbocycles. The second kappa shape index (κ2) is 29.4. The Bertz CT molecular complexity index is 235. The van der Waals surface area contributed by atoms with E-state index in [1.165, 1.54) is 133 Å². The molecular weight excluding hydrogens is 438 g/mol. The first-order chi connectivity index (χ1) is 14.2. The first kappa shape index (κ1) is 35.0. The summed E-state index contributed by atoms with van der Waals surface area (Å²) in [5, 5.41) is 15.2. The molecule has 0 aliphatic carbocycles. The number of hydrogen-bond donors (Lipinski definition) is 2. The summed E-state index contributed by atoms with van der Waals surface area (Å²) in [6.07, 6.45) is 22.8. The average Bonchev–Trinajstić information content (AvgIpc) is 2.75. The Kier molecular flexibility index (Phi) is 34.2. The van der Waals surface area contributed by atoms with Gasteiger partial charge < -0.3 is 31.7 Å². The van der Waals surface area contributed by atoms with Crippen LogP contribution in [0.2, 0.25) is 0 Å². The van der Waals surface area contributed by atoms with Crippen molar-refractivity contribution in [1.29, 1.82) is 0 Å². The third-order valence-corrected chi connectivity index (χ3v) is 6.04. The quantitative estimate of drug-likeness (QED) is 0.186. The monoisotopic (exact) mass is 495 g/mol. The summed E-state index contributed by atoms with van der Waals surface area (Å²) in [6.45, 7) is 14.9. The SMILES string of the molecule is CCCCCC[N+](CCCCCC)(CCCCCC)CCCCCC.OCCO.[Br-]. The molecule has 0 atom stereocenters. The maximum atomic E-state index is 7.62. The number of rotatable bonds is 21. The number of unbranched alkanes of at least 4 members (excludes halogenated alkanes) is 12. The maximum absolute atomic E-state index is 7.62. The van der Waals surface area contributed by atoms with Crippen molar-refractivity contribution in [2.45, 2.75) is 130 Å². The van der Waals surface area contributed by atoms with Gasteiger partial charge in [-0.3, -0.25) is 0 Å². The van der Waals surface area contributed by atoms with E-state index in [-0.39, 0.29) is 30.2 Å². The van der Waals surface area contributed by atoms with Gasteiger partial charge in [-0.05, 0) is 51.4 Å². The van der Waals surface area contributed by atoms with Crippen molar-refractivity contribution in [2.75, 3.05) is 39.4 Å². The Morgan fingerprint density at radius 1 is 0.400 bits per heavy atom. The number of nitrogens with zero attached hydrogens (tertiary/aromatic N) is 1. The van der Waals surface area contributed by atoms with Crippen LogP contribution in [0.5, 0.6) is 0 Å². The van der Waals surface area contributed by atoms with E-state index in [1.807, 2.05) is 0 Å². The standard InChI is InChI=1S/C24H52N.C2H6O2.BrH/c1-5-9-13-17-21-25(22-18-14-10-6-2,23-19-15-11-7-3)24-20-16-12-8-4;3-1-2-4;/h5-24H2,1-4H3;3-4H,1-2H2;1H/q+1;;/p-1. The number of aliphatic hydroxyl groups is 2. The molecule has 0 amide bonds. The van der Waals surface area contributed by atoms with Crippen molar-refractivity contribution >= 4 is 0 Å². The van der Waals surface area contributed by atoms with E-state index in [9.17, 15) is 0 Å². The van der Waals surface area contributed by atoms with E-state index in [4.69, 9.17) is 10.2 Å². The molecule has 0 fully saturated rings. The third kappa shape index (κ3) is 24.6. The van der Waals surface area contributed by atoms with E-state index in [1.54, 1.807) is 0 Å². The lowest BCUT2D eigenvalue weighted by Gasteiger charge is -2.39. The molecule has 0 heterocycles. The summed E-state index contributed by atoms with van der Waals surface area (Å²) >= 11 is 0. The molecule has 0 aliphatic rings. The molecule has 0 aromatic rings. The molecule has 30 heavy (non-hydrogen) atoms. The van der Waals surface area contributed by atoms with Gasteiger partial charge in [-0.2, -0.15) is 0 Å². The van der Waals surface area contributed by atoms with Crippen LogP contribution in [0.25, 0.3) is 0 Å². The van der Waals surface area contributed by atoms with Crippen molar-refractivity contribution in [1.82, 2.24) is 0 Å². The Hall–Kier alpha value is 0.360. The van der Waals surface area contributed by atoms with Gasteiger partial charge in [-0.25, -0.2) is 0 Å². The lowest BCUT2D eigenvalue weighted by Crippen LogP contribution is -3.00. The Morgan fingerprint density at radius 2 is 0.633 bits per heavy atom. The van der Waals surface area contributed by atoms with Gasteiger partial charge in [0.2, 0.25) is 0 Å². The molecule has 0 aliphatic heterocycles. The minimum atomic E-state index is -0.125.